The van der Waals surface area contributed by atoms with Crippen LogP contribution in [0.3, 0.4) is 0 Å². The molecule has 0 fully saturated rings. The number of ether oxygens (including phenoxy) is 3. The first-order valence-electron chi connectivity index (χ1n) is 23.4. The number of benzene rings is 2. The first kappa shape index (κ1) is 50.3. The molecule has 5 heterocycles. The number of hydrogen-bond donors (Lipinski definition) is 2. The predicted octanol–water partition coefficient (Wildman–Crippen LogP) is 9.82. The molecule has 0 bridgehead atoms. The number of hydrogen-bond acceptors (Lipinski definition) is 13. The van der Waals surface area contributed by atoms with Crippen molar-refractivity contribution in [3.05, 3.63) is 173 Å². The summed E-state index contributed by atoms with van der Waals surface area (Å²) in [7, 11) is 0. The molecule has 4 aromatic heterocycles. The van der Waals surface area contributed by atoms with Gasteiger partial charge in [0.05, 0.1) is 40.5 Å². The maximum absolute atomic E-state index is 13.0. The molecule has 7 rings (SSSR count). The maximum atomic E-state index is 13.0. The van der Waals surface area contributed by atoms with Crippen LogP contribution in [-0.2, 0) is 48.7 Å². The molecular formula is C54H61N9O7. The van der Waals surface area contributed by atoms with Gasteiger partial charge in [-0.2, -0.15) is 0 Å². The summed E-state index contributed by atoms with van der Waals surface area (Å²) in [5.74, 6) is 0.864. The van der Waals surface area contributed by atoms with Gasteiger partial charge in [-0.3, -0.25) is 44.9 Å². The zero-order chi connectivity index (χ0) is 49.7. The molecule has 4 amide bonds. The quantitative estimate of drug-likeness (QED) is 0.0546. The van der Waals surface area contributed by atoms with E-state index in [4.69, 9.17) is 24.2 Å². The van der Waals surface area contributed by atoms with E-state index in [1.807, 2.05) is 72.8 Å². The molecule has 2 N–H and O–H groups in total. The first-order chi connectivity index (χ1) is 33.5. The lowest BCUT2D eigenvalue weighted by Gasteiger charge is -2.25. The second-order valence-corrected chi connectivity index (χ2v) is 19.1. The van der Waals surface area contributed by atoms with Crippen molar-refractivity contribution in [2.75, 3.05) is 23.8 Å². The van der Waals surface area contributed by atoms with E-state index in [1.54, 1.807) is 90.3 Å². The lowest BCUT2D eigenvalue weighted by molar-refractivity contribution is 0.0624. The van der Waals surface area contributed by atoms with Gasteiger partial charge >= 0.3 is 12.2 Å². The van der Waals surface area contributed by atoms with E-state index < -0.39 is 23.4 Å². The average molecular weight is 948 g/mol. The molecule has 6 aromatic rings. The van der Waals surface area contributed by atoms with Crippen molar-refractivity contribution >= 4 is 35.6 Å². The van der Waals surface area contributed by atoms with E-state index in [1.165, 1.54) is 4.90 Å². The molecule has 1 aliphatic heterocycles. The Bertz CT molecular complexity index is 2570. The second-order valence-electron chi connectivity index (χ2n) is 19.1. The number of carbonyl (C=O) groups is 4. The third-order valence-corrected chi connectivity index (χ3v) is 10.6. The molecule has 0 saturated heterocycles. The Morgan fingerprint density at radius 2 is 0.986 bits per heavy atom. The monoisotopic (exact) mass is 947 g/mol. The van der Waals surface area contributed by atoms with Crippen molar-refractivity contribution < 1.29 is 33.4 Å². The Hall–Kier alpha value is -7.56. The summed E-state index contributed by atoms with van der Waals surface area (Å²) in [6.07, 6.45) is 3.53. The van der Waals surface area contributed by atoms with Crippen LogP contribution in [0, 0.1) is 0 Å². The van der Waals surface area contributed by atoms with Crippen LogP contribution in [0.25, 0.3) is 0 Å². The fourth-order valence-corrected chi connectivity index (χ4v) is 7.84. The largest absolute Gasteiger partial charge is 0.494 e. The molecule has 16 nitrogen and oxygen atoms in total. The number of pyridine rings is 4. The van der Waals surface area contributed by atoms with E-state index in [0.29, 0.717) is 87.2 Å². The normalized spacial score (nSPS) is 12.5. The van der Waals surface area contributed by atoms with Crippen LogP contribution < -0.4 is 15.4 Å². The van der Waals surface area contributed by atoms with E-state index in [2.05, 4.69) is 36.5 Å². The van der Waals surface area contributed by atoms with E-state index >= 15 is 0 Å². The fourth-order valence-electron chi connectivity index (χ4n) is 7.84. The summed E-state index contributed by atoms with van der Waals surface area (Å²) >= 11 is 0. The molecule has 2 aromatic carbocycles. The third-order valence-electron chi connectivity index (χ3n) is 10.6. The van der Waals surface area contributed by atoms with Crippen LogP contribution in [0.5, 0.6) is 5.75 Å². The Balaban J connectivity index is 1.14. The smallest absolute Gasteiger partial charge is 0.413 e. The topological polar surface area (TPSA) is 181 Å². The van der Waals surface area contributed by atoms with Crippen molar-refractivity contribution in [2.45, 2.75) is 105 Å². The van der Waals surface area contributed by atoms with Gasteiger partial charge in [0.15, 0.2) is 0 Å². The number of nitrogens with zero attached hydrogens (tertiary/aromatic N) is 7. The number of carbonyl (C=O) groups excluding carboxylic acids is 4. The van der Waals surface area contributed by atoms with Crippen LogP contribution in [0.2, 0.25) is 0 Å². The number of rotatable bonds is 20. The number of imide groups is 1. The Labute approximate surface area is 409 Å². The summed E-state index contributed by atoms with van der Waals surface area (Å²) in [5.41, 5.74) is 4.67. The van der Waals surface area contributed by atoms with Crippen molar-refractivity contribution in [3.63, 3.8) is 0 Å². The molecule has 0 atom stereocenters. The van der Waals surface area contributed by atoms with Crippen LogP contribution >= 0.6 is 0 Å². The zero-order valence-corrected chi connectivity index (χ0v) is 40.7. The van der Waals surface area contributed by atoms with Gasteiger partial charge in [-0.15, -0.1) is 0 Å². The molecule has 0 spiro atoms. The third kappa shape index (κ3) is 15.5. The number of nitrogens with one attached hydrogen (secondary N) is 2. The SMILES string of the molecule is CC(C)(C)OC(=O)Nc1cccc(CN(Cc2cc(CN(Cc3ccccn3)Cc3cccc(NC(=O)OC(C)(C)C)n3)cc(OCCCCN3C(=O)c4ccccc4C3=O)c2)Cc2ccccn2)n1. The summed E-state index contributed by atoms with van der Waals surface area (Å²) in [6, 6.07) is 35.8. The van der Waals surface area contributed by atoms with Gasteiger partial charge < -0.3 is 14.2 Å². The van der Waals surface area contributed by atoms with Crippen molar-refractivity contribution in [2.24, 2.45) is 0 Å². The lowest BCUT2D eigenvalue weighted by Crippen LogP contribution is -2.30. The summed E-state index contributed by atoms with van der Waals surface area (Å²) < 4.78 is 17.5. The van der Waals surface area contributed by atoms with E-state index in [-0.39, 0.29) is 18.4 Å². The predicted molar refractivity (Wildman–Crippen MR) is 266 cm³/mol. The molecule has 0 radical (unpaired) electrons. The van der Waals surface area contributed by atoms with Crippen molar-refractivity contribution in [3.8, 4) is 5.75 Å². The highest BCUT2D eigenvalue weighted by Gasteiger charge is 2.34. The summed E-state index contributed by atoms with van der Waals surface area (Å²) in [4.78, 5) is 75.9. The maximum Gasteiger partial charge on any atom is 0.413 e. The fraction of sp³-hybridized carbons (Fsp3) is 0.333. The number of anilines is 2. The van der Waals surface area contributed by atoms with Gasteiger partial charge in [0.2, 0.25) is 0 Å². The Morgan fingerprint density at radius 1 is 0.543 bits per heavy atom. The molecule has 0 aliphatic carbocycles. The van der Waals surface area contributed by atoms with Crippen molar-refractivity contribution in [1.82, 2.24) is 34.6 Å². The van der Waals surface area contributed by atoms with Gasteiger partial charge in [-0.1, -0.05) is 42.5 Å². The van der Waals surface area contributed by atoms with Crippen LogP contribution in [-0.4, -0.2) is 83.0 Å². The Kier molecular flexibility index (Phi) is 16.6. The van der Waals surface area contributed by atoms with Gasteiger partial charge in [-0.05, 0) is 138 Å². The van der Waals surface area contributed by atoms with E-state index in [9.17, 15) is 19.2 Å². The minimum atomic E-state index is -0.669. The highest BCUT2D eigenvalue weighted by molar-refractivity contribution is 6.21. The molecular weight excluding hydrogens is 887 g/mol. The van der Waals surface area contributed by atoms with Gasteiger partial charge in [0, 0.05) is 58.2 Å². The average Bonchev–Trinajstić information content (AvgIpc) is 3.53. The summed E-state index contributed by atoms with van der Waals surface area (Å²) in [5, 5.41) is 5.52. The van der Waals surface area contributed by atoms with Gasteiger partial charge in [-0.25, -0.2) is 19.6 Å². The first-order valence-corrected chi connectivity index (χ1v) is 23.4. The molecule has 0 saturated carbocycles. The van der Waals surface area contributed by atoms with Crippen LogP contribution in [0.1, 0.15) is 109 Å². The highest BCUT2D eigenvalue weighted by Crippen LogP contribution is 2.26. The molecule has 16 heteroatoms. The minimum absolute atomic E-state index is 0.271. The Morgan fingerprint density at radius 3 is 1.43 bits per heavy atom. The van der Waals surface area contributed by atoms with Crippen LogP contribution in [0.15, 0.2) is 128 Å². The molecule has 364 valence electrons. The number of unbranched alkanes of at least 4 members (excludes halogenated alkanes) is 1. The minimum Gasteiger partial charge on any atom is -0.494 e. The van der Waals surface area contributed by atoms with Crippen molar-refractivity contribution in [1.29, 1.82) is 0 Å². The standard InChI is InChI=1S/C54H61N9O7/c1-53(2,3)69-51(66)59-47-23-15-19-42(57-47)36-61(34-40-17-9-11-25-55-40)32-38-29-39(31-44(30-38)68-28-14-13-27-63-49(64)45-21-7-8-22-46(45)50(63)65)33-62(35-41-18-10-12-26-56-41)37-43-20-16-24-48(58-43)60-52(67)70-54(4,5)6/h7-12,15-26,29-31H,13-14,27-28,32-37H2,1-6H3,(H,57,59,66)(H,58,60,67). The molecule has 1 aliphatic rings. The number of aromatic nitrogens is 4. The second kappa shape index (κ2) is 23.2. The number of fused-ring (bicyclic) bond motifs is 1. The summed E-state index contributed by atoms with van der Waals surface area (Å²) in [6.45, 7) is 14.3. The van der Waals surface area contributed by atoms with Crippen LogP contribution in [0.4, 0.5) is 21.2 Å². The number of amides is 4. The van der Waals surface area contributed by atoms with Gasteiger partial charge in [0.1, 0.15) is 28.6 Å². The molecule has 0 unspecified atom stereocenters. The van der Waals surface area contributed by atoms with E-state index in [0.717, 1.165) is 33.9 Å². The zero-order valence-electron chi connectivity index (χ0n) is 40.7. The highest BCUT2D eigenvalue weighted by atomic mass is 16.6. The lowest BCUT2D eigenvalue weighted by atomic mass is 10.1. The molecule has 70 heavy (non-hydrogen) atoms. The van der Waals surface area contributed by atoms with Gasteiger partial charge in [0.25, 0.3) is 11.8 Å².